The first-order valence-electron chi connectivity index (χ1n) is 13.6. The molecular weight excluding hydrogens is 521 g/mol. The monoisotopic (exact) mass is 561 g/mol. The summed E-state index contributed by atoms with van der Waals surface area (Å²) < 4.78 is 44.6. The Morgan fingerprint density at radius 2 is 1.69 bits per heavy atom. The molecule has 1 saturated carbocycles. The van der Waals surface area contributed by atoms with Gasteiger partial charge in [-0.3, -0.25) is 13.9 Å². The maximum atomic E-state index is 13.6. The van der Waals surface area contributed by atoms with E-state index in [0.717, 1.165) is 37.5 Å². The van der Waals surface area contributed by atoms with Gasteiger partial charge in [0.1, 0.15) is 17.6 Å². The molecule has 10 heteroatoms. The van der Waals surface area contributed by atoms with Crippen LogP contribution in [-0.4, -0.2) is 57.1 Å². The molecule has 39 heavy (non-hydrogen) atoms. The van der Waals surface area contributed by atoms with Gasteiger partial charge in [-0.25, -0.2) is 12.8 Å². The molecule has 2 aromatic carbocycles. The van der Waals surface area contributed by atoms with Crippen LogP contribution in [0.25, 0.3) is 0 Å². The fourth-order valence-corrected chi connectivity index (χ4v) is 5.97. The molecule has 214 valence electrons. The molecule has 0 radical (unpaired) electrons. The molecule has 0 bridgehead atoms. The third-order valence-electron chi connectivity index (χ3n) is 7.12. The number of amides is 2. The second-order valence-corrected chi connectivity index (χ2v) is 12.0. The Bertz CT molecular complexity index is 1180. The first kappa shape index (κ1) is 30.4. The van der Waals surface area contributed by atoms with Crippen LogP contribution in [0.2, 0.25) is 0 Å². The number of anilines is 1. The van der Waals surface area contributed by atoms with E-state index in [0.29, 0.717) is 17.9 Å². The molecule has 2 aromatic rings. The normalized spacial score (nSPS) is 14.9. The molecule has 0 heterocycles. The summed E-state index contributed by atoms with van der Waals surface area (Å²) in [5.41, 5.74) is 1.19. The highest BCUT2D eigenvalue weighted by atomic mass is 32.2. The first-order chi connectivity index (χ1) is 18.6. The van der Waals surface area contributed by atoms with Crippen LogP contribution < -0.4 is 14.4 Å². The van der Waals surface area contributed by atoms with Crippen molar-refractivity contribution in [3.05, 3.63) is 59.9 Å². The van der Waals surface area contributed by atoms with Crippen LogP contribution in [0, 0.1) is 5.82 Å². The number of sulfonamides is 1. The Hall–Kier alpha value is -3.14. The SMILES string of the molecule is CCC(C(=O)NC1CCCCC1)N(Cc1ccc(OC)cc1)C(=O)CCCN(c1ccc(F)cc1)S(C)(=O)=O. The van der Waals surface area contributed by atoms with Gasteiger partial charge in [-0.15, -0.1) is 0 Å². The molecule has 0 saturated heterocycles. The molecule has 0 spiro atoms. The summed E-state index contributed by atoms with van der Waals surface area (Å²) >= 11 is 0. The number of hydrogen-bond donors (Lipinski definition) is 1. The maximum absolute atomic E-state index is 13.6. The number of carbonyl (C=O) groups is 2. The van der Waals surface area contributed by atoms with Gasteiger partial charge in [0.25, 0.3) is 0 Å². The number of nitrogens with zero attached hydrogens (tertiary/aromatic N) is 2. The predicted molar refractivity (Wildman–Crippen MR) is 150 cm³/mol. The number of benzene rings is 2. The van der Waals surface area contributed by atoms with E-state index in [9.17, 15) is 22.4 Å². The molecule has 3 rings (SSSR count). The van der Waals surface area contributed by atoms with Gasteiger partial charge in [-0.05, 0) is 67.6 Å². The van der Waals surface area contributed by atoms with Crippen molar-refractivity contribution in [2.45, 2.75) is 76.9 Å². The van der Waals surface area contributed by atoms with Crippen LogP contribution in [0.3, 0.4) is 0 Å². The van der Waals surface area contributed by atoms with Gasteiger partial charge >= 0.3 is 0 Å². The highest BCUT2D eigenvalue weighted by Crippen LogP contribution is 2.22. The van der Waals surface area contributed by atoms with E-state index in [2.05, 4.69) is 5.32 Å². The number of nitrogens with one attached hydrogen (secondary N) is 1. The molecule has 1 atom stereocenters. The van der Waals surface area contributed by atoms with Crippen molar-refractivity contribution >= 4 is 27.5 Å². The van der Waals surface area contributed by atoms with Crippen molar-refractivity contribution in [1.82, 2.24) is 10.2 Å². The van der Waals surface area contributed by atoms with Crippen molar-refractivity contribution in [3.63, 3.8) is 0 Å². The van der Waals surface area contributed by atoms with E-state index >= 15 is 0 Å². The van der Waals surface area contributed by atoms with E-state index in [1.54, 1.807) is 12.0 Å². The van der Waals surface area contributed by atoms with E-state index in [-0.39, 0.29) is 43.8 Å². The van der Waals surface area contributed by atoms with Crippen molar-refractivity contribution < 1.29 is 27.1 Å². The number of methoxy groups -OCH3 is 1. The summed E-state index contributed by atoms with van der Waals surface area (Å²) in [7, 11) is -2.06. The fraction of sp³-hybridized carbons (Fsp3) is 0.517. The van der Waals surface area contributed by atoms with E-state index in [1.165, 1.54) is 35.0 Å². The molecule has 1 N–H and O–H groups in total. The Labute approximate surface area is 231 Å². The average molecular weight is 562 g/mol. The summed E-state index contributed by atoms with van der Waals surface area (Å²) in [6.07, 6.45) is 7.05. The van der Waals surface area contributed by atoms with Gasteiger partial charge < -0.3 is 15.0 Å². The maximum Gasteiger partial charge on any atom is 0.243 e. The zero-order valence-corrected chi connectivity index (χ0v) is 23.9. The van der Waals surface area contributed by atoms with Crippen molar-refractivity contribution in [2.75, 3.05) is 24.2 Å². The molecule has 2 amide bonds. The minimum Gasteiger partial charge on any atom is -0.497 e. The highest BCUT2D eigenvalue weighted by Gasteiger charge is 2.30. The van der Waals surface area contributed by atoms with Crippen LogP contribution in [-0.2, 0) is 26.2 Å². The second-order valence-electron chi connectivity index (χ2n) is 10.1. The molecule has 1 aliphatic carbocycles. The Morgan fingerprint density at radius 1 is 1.05 bits per heavy atom. The summed E-state index contributed by atoms with van der Waals surface area (Å²) in [5.74, 6) is -0.159. The lowest BCUT2D eigenvalue weighted by Crippen LogP contribution is -2.51. The Morgan fingerprint density at radius 3 is 2.26 bits per heavy atom. The molecule has 0 aromatic heterocycles. The molecule has 1 aliphatic rings. The van der Waals surface area contributed by atoms with Gasteiger partial charge in [-0.1, -0.05) is 38.3 Å². The lowest BCUT2D eigenvalue weighted by Gasteiger charge is -2.33. The van der Waals surface area contributed by atoms with Crippen molar-refractivity contribution in [1.29, 1.82) is 0 Å². The second kappa shape index (κ2) is 14.3. The predicted octanol–water partition coefficient (Wildman–Crippen LogP) is 4.64. The minimum atomic E-state index is -3.65. The number of carbonyl (C=O) groups excluding carboxylic acids is 2. The largest absolute Gasteiger partial charge is 0.497 e. The van der Waals surface area contributed by atoms with Crippen molar-refractivity contribution in [2.24, 2.45) is 0 Å². The summed E-state index contributed by atoms with van der Waals surface area (Å²) in [6, 6.07) is 12.0. The molecule has 1 fully saturated rings. The average Bonchev–Trinajstić information content (AvgIpc) is 2.92. The number of rotatable bonds is 13. The molecular formula is C29H40FN3O5S. The van der Waals surface area contributed by atoms with Gasteiger partial charge in [0, 0.05) is 25.6 Å². The van der Waals surface area contributed by atoms with Gasteiger partial charge in [0.2, 0.25) is 21.8 Å². The first-order valence-corrected chi connectivity index (χ1v) is 15.4. The summed E-state index contributed by atoms with van der Waals surface area (Å²) in [5, 5.41) is 3.16. The molecule has 1 unspecified atom stereocenters. The molecule has 8 nitrogen and oxygen atoms in total. The third-order valence-corrected chi connectivity index (χ3v) is 8.31. The molecule has 0 aliphatic heterocycles. The number of hydrogen-bond acceptors (Lipinski definition) is 5. The zero-order chi connectivity index (χ0) is 28.4. The zero-order valence-electron chi connectivity index (χ0n) is 23.1. The summed E-state index contributed by atoms with van der Waals surface area (Å²) in [6.45, 7) is 2.18. The summed E-state index contributed by atoms with van der Waals surface area (Å²) in [4.78, 5) is 28.5. The Kier molecular flexibility index (Phi) is 11.2. The van der Waals surface area contributed by atoms with Crippen LogP contribution in [0.15, 0.2) is 48.5 Å². The van der Waals surface area contributed by atoms with Gasteiger partial charge in [0.05, 0.1) is 19.1 Å². The lowest BCUT2D eigenvalue weighted by atomic mass is 9.95. The van der Waals surface area contributed by atoms with Crippen molar-refractivity contribution in [3.8, 4) is 5.75 Å². The third kappa shape index (κ3) is 8.95. The minimum absolute atomic E-state index is 0.0522. The van der Waals surface area contributed by atoms with Gasteiger partial charge in [0.15, 0.2) is 0 Å². The van der Waals surface area contributed by atoms with Crippen LogP contribution >= 0.6 is 0 Å². The van der Waals surface area contributed by atoms with Gasteiger partial charge in [-0.2, -0.15) is 0 Å². The highest BCUT2D eigenvalue weighted by molar-refractivity contribution is 7.92. The standard InChI is InChI=1S/C29H40FN3O5S/c1-4-27(29(35)31-24-9-6-5-7-10-24)32(21-22-12-18-26(38-2)19-13-22)28(34)11-8-20-33(39(3,36)37)25-16-14-23(30)15-17-25/h12-19,24,27H,4-11,20-21H2,1-3H3,(H,31,35). The van der Waals surface area contributed by atoms with Crippen LogP contribution in [0.4, 0.5) is 10.1 Å². The van der Waals surface area contributed by atoms with Crippen LogP contribution in [0.5, 0.6) is 5.75 Å². The van der Waals surface area contributed by atoms with E-state index in [4.69, 9.17) is 4.74 Å². The topological polar surface area (TPSA) is 96.0 Å². The number of ether oxygens (including phenoxy) is 1. The fourth-order valence-electron chi connectivity index (χ4n) is 5.00. The smallest absolute Gasteiger partial charge is 0.243 e. The number of halogens is 1. The van der Waals surface area contributed by atoms with Crippen LogP contribution in [0.1, 0.15) is 63.9 Å². The lowest BCUT2D eigenvalue weighted by molar-refractivity contribution is -0.141. The van der Waals surface area contributed by atoms with E-state index in [1.807, 2.05) is 31.2 Å². The Balaban J connectivity index is 1.75. The quantitative estimate of drug-likeness (QED) is 0.385. The van der Waals surface area contributed by atoms with E-state index < -0.39 is 21.9 Å².